The van der Waals surface area contributed by atoms with E-state index < -0.39 is 0 Å². The van der Waals surface area contributed by atoms with Crippen molar-refractivity contribution in [3.8, 4) is 0 Å². The molecule has 0 radical (unpaired) electrons. The van der Waals surface area contributed by atoms with Crippen LogP contribution in [-0.4, -0.2) is 54.3 Å². The lowest BCUT2D eigenvalue weighted by Gasteiger charge is -2.43. The Morgan fingerprint density at radius 1 is 1.20 bits per heavy atom. The van der Waals surface area contributed by atoms with Crippen molar-refractivity contribution < 1.29 is 4.79 Å². The monoisotopic (exact) mass is 292 g/mol. The van der Waals surface area contributed by atoms with Crippen molar-refractivity contribution in [1.82, 2.24) is 9.80 Å². The van der Waals surface area contributed by atoms with E-state index in [1.165, 1.54) is 25.8 Å². The summed E-state index contributed by atoms with van der Waals surface area (Å²) in [5, 5.41) is 0.564. The molecule has 0 amide bonds. The van der Waals surface area contributed by atoms with Crippen LogP contribution in [0.5, 0.6) is 0 Å². The van der Waals surface area contributed by atoms with E-state index >= 15 is 0 Å². The Balaban J connectivity index is 1.61. The third-order valence-electron chi connectivity index (χ3n) is 4.46. The Bertz CT molecular complexity index is 491. The van der Waals surface area contributed by atoms with Gasteiger partial charge in [0.15, 0.2) is 5.78 Å². The van der Waals surface area contributed by atoms with E-state index in [1.807, 2.05) is 18.2 Å². The number of fused-ring (bicyclic) bond motifs is 1. The Hall–Kier alpha value is -0.900. The Morgan fingerprint density at radius 2 is 2.05 bits per heavy atom. The molecule has 3 rings (SSSR count). The van der Waals surface area contributed by atoms with Crippen molar-refractivity contribution >= 4 is 17.4 Å². The van der Waals surface area contributed by atoms with Crippen LogP contribution in [0.1, 0.15) is 29.6 Å². The quantitative estimate of drug-likeness (QED) is 0.800. The largest absolute Gasteiger partial charge is 0.298 e. The lowest BCUT2D eigenvalue weighted by molar-refractivity contribution is 0.0469. The number of halogens is 1. The molecule has 108 valence electrons. The van der Waals surface area contributed by atoms with Gasteiger partial charge < -0.3 is 0 Å². The smallest absolute Gasteiger partial charge is 0.178 e. The van der Waals surface area contributed by atoms with Gasteiger partial charge in [0, 0.05) is 31.2 Å². The molecule has 0 saturated carbocycles. The van der Waals surface area contributed by atoms with Gasteiger partial charge in [-0.05, 0) is 31.5 Å². The molecule has 3 nitrogen and oxygen atoms in total. The van der Waals surface area contributed by atoms with Crippen molar-refractivity contribution in [2.45, 2.75) is 25.3 Å². The minimum Gasteiger partial charge on any atom is -0.298 e. The highest BCUT2D eigenvalue weighted by atomic mass is 35.5. The zero-order valence-corrected chi connectivity index (χ0v) is 12.5. The van der Waals surface area contributed by atoms with E-state index in [2.05, 4.69) is 9.80 Å². The molecule has 0 N–H and O–H groups in total. The average molecular weight is 293 g/mol. The summed E-state index contributed by atoms with van der Waals surface area (Å²) in [6.07, 6.45) is 3.93. The van der Waals surface area contributed by atoms with Crippen molar-refractivity contribution in [3.05, 3.63) is 34.9 Å². The van der Waals surface area contributed by atoms with Gasteiger partial charge in [0.2, 0.25) is 0 Å². The van der Waals surface area contributed by atoms with Crippen LogP contribution >= 0.6 is 11.6 Å². The molecule has 20 heavy (non-hydrogen) atoms. The van der Waals surface area contributed by atoms with E-state index in [1.54, 1.807) is 6.07 Å². The number of carbonyl (C=O) groups excluding carboxylic acids is 1. The van der Waals surface area contributed by atoms with Crippen molar-refractivity contribution in [2.24, 2.45) is 0 Å². The van der Waals surface area contributed by atoms with Crippen LogP contribution in [0.4, 0.5) is 0 Å². The van der Waals surface area contributed by atoms with Crippen LogP contribution in [0.2, 0.25) is 5.02 Å². The molecular formula is C16H21ClN2O. The maximum absolute atomic E-state index is 12.4. The molecule has 1 aromatic carbocycles. The zero-order valence-electron chi connectivity index (χ0n) is 11.7. The number of rotatable bonds is 3. The number of ketones is 1. The van der Waals surface area contributed by atoms with Crippen LogP contribution in [0.15, 0.2) is 24.3 Å². The zero-order chi connectivity index (χ0) is 13.9. The third kappa shape index (κ3) is 3.05. The molecular weight excluding hydrogens is 272 g/mol. The Kier molecular flexibility index (Phi) is 4.39. The predicted molar refractivity (Wildman–Crippen MR) is 81.4 cm³/mol. The van der Waals surface area contributed by atoms with Crippen LogP contribution in [0, 0.1) is 0 Å². The summed E-state index contributed by atoms with van der Waals surface area (Å²) >= 11 is 6.10. The third-order valence-corrected chi connectivity index (χ3v) is 4.79. The Labute approximate surface area is 125 Å². The molecule has 0 bridgehead atoms. The van der Waals surface area contributed by atoms with Gasteiger partial charge in [-0.25, -0.2) is 0 Å². The van der Waals surface area contributed by atoms with Crippen LogP contribution < -0.4 is 0 Å². The molecule has 0 aliphatic carbocycles. The molecule has 2 aliphatic heterocycles. The van der Waals surface area contributed by atoms with Gasteiger partial charge in [-0.1, -0.05) is 30.2 Å². The maximum Gasteiger partial charge on any atom is 0.178 e. The molecule has 2 aliphatic rings. The maximum atomic E-state index is 12.4. The highest BCUT2D eigenvalue weighted by molar-refractivity contribution is 6.34. The van der Waals surface area contributed by atoms with Gasteiger partial charge in [-0.2, -0.15) is 0 Å². The summed E-state index contributed by atoms with van der Waals surface area (Å²) < 4.78 is 0. The standard InChI is InChI=1S/C16H21ClN2O/c17-15-7-2-1-6-14(15)16(20)12-18-9-10-19-8-4-3-5-13(19)11-18/h1-2,6-7,13H,3-5,8-12H2. The van der Waals surface area contributed by atoms with E-state index in [9.17, 15) is 4.79 Å². The molecule has 1 unspecified atom stereocenters. The number of hydrogen-bond donors (Lipinski definition) is 0. The predicted octanol–water partition coefficient (Wildman–Crippen LogP) is 2.69. The van der Waals surface area contributed by atoms with Crippen molar-refractivity contribution in [2.75, 3.05) is 32.7 Å². The van der Waals surface area contributed by atoms with Crippen LogP contribution in [0.25, 0.3) is 0 Å². The number of piperazine rings is 1. The number of Topliss-reactive ketones (excluding diaryl/α,β-unsaturated/α-hetero) is 1. The second-order valence-corrected chi connectivity index (χ2v) is 6.23. The summed E-state index contributed by atoms with van der Waals surface area (Å²) in [6.45, 7) is 4.84. The number of piperidine rings is 1. The van der Waals surface area contributed by atoms with E-state index in [-0.39, 0.29) is 5.78 Å². The lowest BCUT2D eigenvalue weighted by atomic mass is 9.99. The molecule has 0 spiro atoms. The second-order valence-electron chi connectivity index (χ2n) is 5.82. The van der Waals surface area contributed by atoms with E-state index in [4.69, 9.17) is 11.6 Å². The number of hydrogen-bond acceptors (Lipinski definition) is 3. The van der Waals surface area contributed by atoms with Gasteiger partial charge in [0.05, 0.1) is 11.6 Å². The molecule has 4 heteroatoms. The van der Waals surface area contributed by atoms with Gasteiger partial charge in [0.25, 0.3) is 0 Å². The lowest BCUT2D eigenvalue weighted by Crippen LogP contribution is -2.55. The molecule has 2 fully saturated rings. The Morgan fingerprint density at radius 3 is 2.90 bits per heavy atom. The fourth-order valence-corrected chi connectivity index (χ4v) is 3.58. The minimum atomic E-state index is 0.139. The van der Waals surface area contributed by atoms with E-state index in [0.717, 1.165) is 19.6 Å². The summed E-state index contributed by atoms with van der Waals surface area (Å²) in [5.41, 5.74) is 0.653. The van der Waals surface area contributed by atoms with Crippen LogP contribution in [-0.2, 0) is 0 Å². The SMILES string of the molecule is O=C(CN1CCN2CCCCC2C1)c1ccccc1Cl. The minimum absolute atomic E-state index is 0.139. The molecule has 2 heterocycles. The highest BCUT2D eigenvalue weighted by Gasteiger charge is 2.29. The molecule has 2 saturated heterocycles. The highest BCUT2D eigenvalue weighted by Crippen LogP contribution is 2.22. The van der Waals surface area contributed by atoms with Crippen molar-refractivity contribution in [3.63, 3.8) is 0 Å². The molecule has 1 atom stereocenters. The van der Waals surface area contributed by atoms with Crippen LogP contribution in [0.3, 0.4) is 0 Å². The van der Waals surface area contributed by atoms with Gasteiger partial charge in [0.1, 0.15) is 0 Å². The molecule has 0 aromatic heterocycles. The molecule has 1 aromatic rings. The fraction of sp³-hybridized carbons (Fsp3) is 0.562. The normalized spacial score (nSPS) is 24.4. The summed E-state index contributed by atoms with van der Waals surface area (Å²) in [7, 11) is 0. The fourth-order valence-electron chi connectivity index (χ4n) is 3.34. The first-order valence-electron chi connectivity index (χ1n) is 7.48. The number of nitrogens with zero attached hydrogens (tertiary/aromatic N) is 2. The number of benzene rings is 1. The van der Waals surface area contributed by atoms with Gasteiger partial charge in [-0.15, -0.1) is 0 Å². The van der Waals surface area contributed by atoms with Gasteiger partial charge >= 0.3 is 0 Å². The van der Waals surface area contributed by atoms with Gasteiger partial charge in [-0.3, -0.25) is 14.6 Å². The number of carbonyl (C=O) groups is 1. The second kappa shape index (κ2) is 6.25. The summed E-state index contributed by atoms with van der Waals surface area (Å²) in [5.74, 6) is 0.139. The first-order chi connectivity index (χ1) is 9.74. The summed E-state index contributed by atoms with van der Waals surface area (Å²) in [6, 6.07) is 7.99. The van der Waals surface area contributed by atoms with E-state index in [0.29, 0.717) is 23.2 Å². The summed E-state index contributed by atoms with van der Waals surface area (Å²) in [4.78, 5) is 17.2. The first kappa shape index (κ1) is 14.1. The average Bonchev–Trinajstić information content (AvgIpc) is 2.47. The van der Waals surface area contributed by atoms with Crippen molar-refractivity contribution in [1.29, 1.82) is 0 Å². The first-order valence-corrected chi connectivity index (χ1v) is 7.86. The topological polar surface area (TPSA) is 23.6 Å².